The first-order valence-corrected chi connectivity index (χ1v) is 13.4. The largest absolute Gasteiger partial charge is 0.490 e. The van der Waals surface area contributed by atoms with Crippen molar-refractivity contribution >= 4 is 27.5 Å². The summed E-state index contributed by atoms with van der Waals surface area (Å²) in [6.45, 7) is 9.15. The number of rotatable bonds is 8. The standard InChI is InChI=1S/C24H29F2N5O2S.C2HF3O2/c1-16-20(27-14-17-9-6-7-10-18(17)15-31(5)24(2,3)4)13-19(25)23(28-16)34(32,33)30-22-12-8-11-21(26)29-22;3-2(4,5)1(6)7/h6-13,27H,14-15H2,1-5H3,(H,29,30);(H,6,7). The highest BCUT2D eigenvalue weighted by Crippen LogP contribution is 2.24. The Kier molecular flexibility index (Phi) is 10.7. The Balaban J connectivity index is 0.000000745. The number of alkyl halides is 3. The van der Waals surface area contributed by atoms with Crippen LogP contribution in [0.4, 0.5) is 33.5 Å². The second kappa shape index (κ2) is 13.2. The van der Waals surface area contributed by atoms with Crippen LogP contribution < -0.4 is 10.0 Å². The number of aliphatic carboxylic acids is 1. The van der Waals surface area contributed by atoms with Gasteiger partial charge >= 0.3 is 12.1 Å². The number of hydrogen-bond donors (Lipinski definition) is 3. The normalized spacial score (nSPS) is 12.0. The molecule has 0 spiro atoms. The van der Waals surface area contributed by atoms with Crippen molar-refractivity contribution in [1.82, 2.24) is 14.9 Å². The summed E-state index contributed by atoms with van der Waals surface area (Å²) in [5, 5.41) is 9.50. The van der Waals surface area contributed by atoms with E-state index in [0.29, 0.717) is 17.9 Å². The lowest BCUT2D eigenvalue weighted by molar-refractivity contribution is -0.192. The van der Waals surface area contributed by atoms with E-state index in [0.717, 1.165) is 29.8 Å². The number of benzene rings is 1. The summed E-state index contributed by atoms with van der Waals surface area (Å²) in [5.41, 5.74) is 2.84. The molecule has 41 heavy (non-hydrogen) atoms. The van der Waals surface area contributed by atoms with Crippen molar-refractivity contribution < 1.29 is 40.3 Å². The zero-order chi connectivity index (χ0) is 31.2. The summed E-state index contributed by atoms with van der Waals surface area (Å²) in [5.74, 6) is -4.92. The number of sulfonamides is 1. The van der Waals surface area contributed by atoms with Gasteiger partial charge in [-0.2, -0.15) is 26.0 Å². The molecule has 0 atom stereocenters. The number of carboxylic acid groups (broad SMARTS) is 1. The van der Waals surface area contributed by atoms with Gasteiger partial charge in [0.25, 0.3) is 10.0 Å². The zero-order valence-electron chi connectivity index (χ0n) is 22.8. The molecule has 3 N–H and O–H groups in total. The number of aromatic nitrogens is 2. The van der Waals surface area contributed by atoms with Crippen LogP contribution in [-0.4, -0.2) is 53.1 Å². The van der Waals surface area contributed by atoms with E-state index in [4.69, 9.17) is 9.90 Å². The van der Waals surface area contributed by atoms with Crippen LogP contribution in [0.3, 0.4) is 0 Å². The molecule has 0 unspecified atom stereocenters. The third-order valence-electron chi connectivity index (χ3n) is 5.73. The minimum atomic E-state index is -5.08. The molecule has 224 valence electrons. The van der Waals surface area contributed by atoms with Crippen LogP contribution in [0.5, 0.6) is 0 Å². The number of nitrogens with one attached hydrogen (secondary N) is 2. The van der Waals surface area contributed by atoms with E-state index in [-0.39, 0.29) is 11.4 Å². The Hall–Kier alpha value is -3.85. The number of pyridine rings is 2. The number of carbonyl (C=O) groups is 1. The molecule has 2 aromatic heterocycles. The molecule has 0 fully saturated rings. The Morgan fingerprint density at radius 2 is 1.59 bits per heavy atom. The molecule has 3 aromatic rings. The van der Waals surface area contributed by atoms with Crippen LogP contribution in [0.2, 0.25) is 0 Å². The Morgan fingerprint density at radius 3 is 2.12 bits per heavy atom. The van der Waals surface area contributed by atoms with Gasteiger partial charge in [-0.25, -0.2) is 19.2 Å². The third-order valence-corrected chi connectivity index (χ3v) is 7.00. The number of carboxylic acids is 1. The molecular weight excluding hydrogens is 573 g/mol. The second-order valence-corrected chi connectivity index (χ2v) is 11.4. The van der Waals surface area contributed by atoms with Crippen molar-refractivity contribution in [2.45, 2.75) is 57.5 Å². The molecule has 15 heteroatoms. The molecule has 0 aliphatic carbocycles. The average molecular weight is 604 g/mol. The van der Waals surface area contributed by atoms with Gasteiger partial charge < -0.3 is 10.4 Å². The maximum absolute atomic E-state index is 14.8. The highest BCUT2D eigenvalue weighted by Gasteiger charge is 2.38. The van der Waals surface area contributed by atoms with E-state index in [1.807, 2.05) is 24.3 Å². The van der Waals surface area contributed by atoms with Crippen molar-refractivity contribution in [2.75, 3.05) is 17.1 Å². The van der Waals surface area contributed by atoms with Crippen LogP contribution in [0, 0.1) is 18.7 Å². The smallest absolute Gasteiger partial charge is 0.475 e. The summed E-state index contributed by atoms with van der Waals surface area (Å²) < 4.78 is 87.1. The quantitative estimate of drug-likeness (QED) is 0.233. The molecule has 0 aliphatic heterocycles. The molecule has 1 aromatic carbocycles. The van der Waals surface area contributed by atoms with Gasteiger partial charge in [0.15, 0.2) is 5.82 Å². The molecule has 2 heterocycles. The summed E-state index contributed by atoms with van der Waals surface area (Å²) in [7, 11) is -2.34. The van der Waals surface area contributed by atoms with Crippen molar-refractivity contribution in [3.8, 4) is 0 Å². The summed E-state index contributed by atoms with van der Waals surface area (Å²) in [6.07, 6.45) is -5.08. The van der Waals surface area contributed by atoms with Crippen LogP contribution in [0.15, 0.2) is 53.6 Å². The highest BCUT2D eigenvalue weighted by atomic mass is 32.2. The van der Waals surface area contributed by atoms with E-state index in [1.165, 1.54) is 12.1 Å². The average Bonchev–Trinajstić information content (AvgIpc) is 2.84. The Labute approximate surface area is 234 Å². The van der Waals surface area contributed by atoms with Gasteiger partial charge in [0.05, 0.1) is 11.4 Å². The van der Waals surface area contributed by atoms with E-state index in [9.17, 15) is 30.4 Å². The number of hydrogen-bond acceptors (Lipinski definition) is 7. The molecule has 0 aliphatic rings. The summed E-state index contributed by atoms with van der Waals surface area (Å²) >= 11 is 0. The van der Waals surface area contributed by atoms with Gasteiger partial charge in [-0.3, -0.25) is 9.62 Å². The molecule has 0 radical (unpaired) electrons. The van der Waals surface area contributed by atoms with Gasteiger partial charge in [0, 0.05) is 24.7 Å². The van der Waals surface area contributed by atoms with Crippen LogP contribution in [0.1, 0.15) is 37.6 Å². The first kappa shape index (κ1) is 33.4. The molecule has 0 saturated heterocycles. The highest BCUT2D eigenvalue weighted by molar-refractivity contribution is 7.92. The number of anilines is 2. The van der Waals surface area contributed by atoms with Crippen molar-refractivity contribution in [3.05, 3.63) is 77.1 Å². The summed E-state index contributed by atoms with van der Waals surface area (Å²) in [4.78, 5) is 18.5. The maximum atomic E-state index is 14.8. The lowest BCUT2D eigenvalue weighted by Crippen LogP contribution is -2.37. The van der Waals surface area contributed by atoms with Crippen molar-refractivity contribution in [1.29, 1.82) is 0 Å². The molecule has 3 rings (SSSR count). The number of halogens is 5. The van der Waals surface area contributed by atoms with E-state index in [1.54, 1.807) is 6.92 Å². The van der Waals surface area contributed by atoms with Gasteiger partial charge in [-0.05, 0) is 58.0 Å². The fourth-order valence-corrected chi connectivity index (χ4v) is 4.20. The number of aryl methyl sites for hydroxylation is 1. The lowest BCUT2D eigenvalue weighted by atomic mass is 10.0. The van der Waals surface area contributed by atoms with Crippen molar-refractivity contribution in [3.63, 3.8) is 0 Å². The molecule has 9 nitrogen and oxygen atoms in total. The topological polar surface area (TPSA) is 125 Å². The van der Waals surface area contributed by atoms with Crippen LogP contribution in [0.25, 0.3) is 0 Å². The Morgan fingerprint density at radius 1 is 1.00 bits per heavy atom. The minimum Gasteiger partial charge on any atom is -0.475 e. The second-order valence-electron chi connectivity index (χ2n) is 9.81. The molecule has 0 amide bonds. The van der Waals surface area contributed by atoms with Gasteiger partial charge in [0.2, 0.25) is 11.0 Å². The van der Waals surface area contributed by atoms with Gasteiger partial charge in [-0.1, -0.05) is 30.3 Å². The minimum absolute atomic E-state index is 0.000569. The van der Waals surface area contributed by atoms with Crippen molar-refractivity contribution in [2.24, 2.45) is 0 Å². The zero-order valence-corrected chi connectivity index (χ0v) is 23.7. The molecular formula is C26H30F5N5O4S. The fourth-order valence-electron chi connectivity index (χ4n) is 3.14. The lowest BCUT2D eigenvalue weighted by Gasteiger charge is -2.32. The predicted octanol–water partition coefficient (Wildman–Crippen LogP) is 5.34. The first-order valence-electron chi connectivity index (χ1n) is 12.0. The fraction of sp³-hybridized carbons (Fsp3) is 0.346. The molecule has 0 saturated carbocycles. The summed E-state index contributed by atoms with van der Waals surface area (Å²) in [6, 6.07) is 12.7. The molecule has 0 bridgehead atoms. The maximum Gasteiger partial charge on any atom is 0.490 e. The SMILES string of the molecule is Cc1nc(S(=O)(=O)Nc2cccc(F)n2)c(F)cc1NCc1ccccc1CN(C)C(C)(C)C.O=C(O)C(F)(F)F. The first-order chi connectivity index (χ1) is 18.8. The van der Waals surface area contributed by atoms with Crippen LogP contribution in [-0.2, 0) is 27.9 Å². The monoisotopic (exact) mass is 603 g/mol. The van der Waals surface area contributed by atoms with Gasteiger partial charge in [-0.15, -0.1) is 0 Å². The van der Waals surface area contributed by atoms with E-state index < -0.39 is 39.0 Å². The Bertz CT molecular complexity index is 1480. The van der Waals surface area contributed by atoms with Crippen LogP contribution >= 0.6 is 0 Å². The van der Waals surface area contributed by atoms with Gasteiger partial charge in [0.1, 0.15) is 5.82 Å². The van der Waals surface area contributed by atoms with E-state index >= 15 is 0 Å². The number of nitrogens with zero attached hydrogens (tertiary/aromatic N) is 3. The third kappa shape index (κ3) is 9.93. The predicted molar refractivity (Wildman–Crippen MR) is 143 cm³/mol. The van der Waals surface area contributed by atoms with E-state index in [2.05, 4.69) is 52.7 Å².